The van der Waals surface area contributed by atoms with E-state index in [1.165, 1.54) is 0 Å². The zero-order valence-electron chi connectivity index (χ0n) is 15.0. The molecule has 0 saturated carbocycles. The van der Waals surface area contributed by atoms with E-state index in [4.69, 9.17) is 9.47 Å². The van der Waals surface area contributed by atoms with Crippen LogP contribution in [0.4, 0.5) is 10.5 Å². The molecule has 0 spiro atoms. The van der Waals surface area contributed by atoms with Gasteiger partial charge in [-0.15, -0.1) is 0 Å². The zero-order valence-corrected chi connectivity index (χ0v) is 15.0. The first-order valence-corrected chi connectivity index (χ1v) is 8.60. The number of ether oxygens (including phenoxy) is 2. The van der Waals surface area contributed by atoms with Gasteiger partial charge in [0, 0.05) is 5.69 Å². The number of urea groups is 1. The fourth-order valence-corrected chi connectivity index (χ4v) is 2.33. The molecule has 0 radical (unpaired) electrons. The predicted octanol–water partition coefficient (Wildman–Crippen LogP) is 4.24. The molecule has 0 saturated heterocycles. The number of para-hydroxylation sites is 1. The van der Waals surface area contributed by atoms with Crippen LogP contribution >= 0.6 is 0 Å². The molecule has 5 heteroatoms. The maximum absolute atomic E-state index is 11.9. The molecule has 25 heavy (non-hydrogen) atoms. The summed E-state index contributed by atoms with van der Waals surface area (Å²) in [5.41, 5.74) is 1.88. The topological polar surface area (TPSA) is 59.6 Å². The highest BCUT2D eigenvalue weighted by Gasteiger charge is 2.04. The van der Waals surface area contributed by atoms with E-state index in [9.17, 15) is 4.79 Å². The molecule has 0 fully saturated rings. The summed E-state index contributed by atoms with van der Waals surface area (Å²) >= 11 is 0. The Morgan fingerprint density at radius 1 is 1.08 bits per heavy atom. The third-order valence-corrected chi connectivity index (χ3v) is 3.48. The first-order chi connectivity index (χ1) is 12.1. The molecular weight excluding hydrogens is 316 g/mol. The Kier molecular flexibility index (Phi) is 7.14. The Morgan fingerprint density at radius 2 is 1.80 bits per heavy atom. The van der Waals surface area contributed by atoms with Crippen molar-refractivity contribution in [3.63, 3.8) is 0 Å². The molecule has 2 aromatic carbocycles. The molecule has 2 aromatic rings. The van der Waals surface area contributed by atoms with Crippen molar-refractivity contribution >= 4 is 11.7 Å². The summed E-state index contributed by atoms with van der Waals surface area (Å²) in [7, 11) is 0. The molecule has 0 bridgehead atoms. The fourth-order valence-electron chi connectivity index (χ4n) is 2.33. The monoisotopic (exact) mass is 342 g/mol. The maximum atomic E-state index is 11.9. The minimum absolute atomic E-state index is 0.125. The maximum Gasteiger partial charge on any atom is 0.319 e. The Hall–Kier alpha value is -2.69. The molecule has 0 aliphatic rings. The fraction of sp³-hybridized carbons (Fsp3) is 0.350. The van der Waals surface area contributed by atoms with E-state index in [-0.39, 0.29) is 12.1 Å². The number of hydrogen-bond acceptors (Lipinski definition) is 3. The van der Waals surface area contributed by atoms with Crippen LogP contribution in [0.1, 0.15) is 26.3 Å². The van der Waals surface area contributed by atoms with Gasteiger partial charge in [-0.25, -0.2) is 4.79 Å². The molecule has 5 nitrogen and oxygen atoms in total. The van der Waals surface area contributed by atoms with Gasteiger partial charge in [0.05, 0.1) is 12.6 Å². The van der Waals surface area contributed by atoms with E-state index in [0.717, 1.165) is 23.5 Å². The predicted molar refractivity (Wildman–Crippen MR) is 101 cm³/mol. The van der Waals surface area contributed by atoms with E-state index in [1.807, 2.05) is 62.4 Å². The van der Waals surface area contributed by atoms with Crippen LogP contribution in [0.3, 0.4) is 0 Å². The van der Waals surface area contributed by atoms with E-state index in [2.05, 4.69) is 17.6 Å². The van der Waals surface area contributed by atoms with E-state index in [1.54, 1.807) is 0 Å². The molecular formula is C20H26N2O3. The van der Waals surface area contributed by atoms with Gasteiger partial charge in [0.1, 0.15) is 18.1 Å². The second-order valence-electron chi connectivity index (χ2n) is 5.88. The van der Waals surface area contributed by atoms with Crippen molar-refractivity contribution in [1.29, 1.82) is 0 Å². The minimum Gasteiger partial charge on any atom is -0.491 e. The smallest absolute Gasteiger partial charge is 0.319 e. The zero-order chi connectivity index (χ0) is 18.1. The summed E-state index contributed by atoms with van der Waals surface area (Å²) in [5.74, 6) is 1.65. The van der Waals surface area contributed by atoms with Gasteiger partial charge < -0.3 is 20.1 Å². The summed E-state index contributed by atoms with van der Waals surface area (Å²) in [5, 5.41) is 5.56. The number of benzene rings is 2. The second-order valence-corrected chi connectivity index (χ2v) is 5.88. The quantitative estimate of drug-likeness (QED) is 0.706. The molecule has 0 heterocycles. The standard InChI is InChI=1S/C20H26N2O3/c1-4-16-7-5-6-8-19(16)24-14-13-21-20(23)22-17-9-11-18(12-10-17)25-15(2)3/h5-12,15H,4,13-14H2,1-3H3,(H2,21,22,23). The number of carbonyl (C=O) groups is 1. The largest absolute Gasteiger partial charge is 0.491 e. The average molecular weight is 342 g/mol. The number of rotatable bonds is 8. The normalized spacial score (nSPS) is 10.4. The highest BCUT2D eigenvalue weighted by molar-refractivity contribution is 5.89. The highest BCUT2D eigenvalue weighted by Crippen LogP contribution is 2.18. The first-order valence-electron chi connectivity index (χ1n) is 8.60. The third-order valence-electron chi connectivity index (χ3n) is 3.48. The van der Waals surface area contributed by atoms with Crippen molar-refractivity contribution in [2.24, 2.45) is 0 Å². The summed E-state index contributed by atoms with van der Waals surface area (Å²) < 4.78 is 11.3. The molecule has 134 valence electrons. The van der Waals surface area contributed by atoms with Crippen molar-refractivity contribution in [2.75, 3.05) is 18.5 Å². The summed E-state index contributed by atoms with van der Waals surface area (Å²) in [6.07, 6.45) is 1.04. The molecule has 0 aromatic heterocycles. The Labute approximate surface area is 149 Å². The second kappa shape index (κ2) is 9.57. The molecule has 0 aliphatic heterocycles. The average Bonchev–Trinajstić information content (AvgIpc) is 2.60. The number of nitrogens with one attached hydrogen (secondary N) is 2. The van der Waals surface area contributed by atoms with Gasteiger partial charge in [-0.3, -0.25) is 0 Å². The van der Waals surface area contributed by atoms with E-state index in [0.29, 0.717) is 18.8 Å². The number of aryl methyl sites for hydroxylation is 1. The Bertz CT molecular complexity index is 669. The molecule has 2 amide bonds. The van der Waals surface area contributed by atoms with Crippen LogP contribution in [0.5, 0.6) is 11.5 Å². The lowest BCUT2D eigenvalue weighted by Gasteiger charge is -2.12. The molecule has 0 unspecified atom stereocenters. The highest BCUT2D eigenvalue weighted by atomic mass is 16.5. The lowest BCUT2D eigenvalue weighted by Crippen LogP contribution is -2.32. The van der Waals surface area contributed by atoms with Gasteiger partial charge in [0.25, 0.3) is 0 Å². The Balaban J connectivity index is 1.72. The van der Waals surface area contributed by atoms with E-state index < -0.39 is 0 Å². The van der Waals surface area contributed by atoms with Crippen molar-refractivity contribution in [3.8, 4) is 11.5 Å². The Morgan fingerprint density at radius 3 is 2.48 bits per heavy atom. The summed E-state index contributed by atoms with van der Waals surface area (Å²) in [4.78, 5) is 11.9. The SMILES string of the molecule is CCc1ccccc1OCCNC(=O)Nc1ccc(OC(C)C)cc1. The number of hydrogen-bond donors (Lipinski definition) is 2. The van der Waals surface area contributed by atoms with Crippen LogP contribution in [0.2, 0.25) is 0 Å². The molecule has 2 rings (SSSR count). The summed E-state index contributed by atoms with van der Waals surface area (Å²) in [6.45, 7) is 6.89. The van der Waals surface area contributed by atoms with Crippen LogP contribution < -0.4 is 20.1 Å². The van der Waals surface area contributed by atoms with Crippen LogP contribution in [-0.4, -0.2) is 25.3 Å². The lowest BCUT2D eigenvalue weighted by atomic mass is 10.1. The van der Waals surface area contributed by atoms with Gasteiger partial charge in [-0.1, -0.05) is 25.1 Å². The molecule has 0 atom stereocenters. The number of carbonyl (C=O) groups excluding carboxylic acids is 1. The number of amides is 2. The van der Waals surface area contributed by atoms with Gasteiger partial charge in [0.15, 0.2) is 0 Å². The third kappa shape index (κ3) is 6.37. The molecule has 2 N–H and O–H groups in total. The van der Waals surface area contributed by atoms with Crippen molar-refractivity contribution < 1.29 is 14.3 Å². The van der Waals surface area contributed by atoms with Crippen molar-refractivity contribution in [2.45, 2.75) is 33.3 Å². The van der Waals surface area contributed by atoms with Crippen LogP contribution in [0.25, 0.3) is 0 Å². The van der Waals surface area contributed by atoms with Crippen molar-refractivity contribution in [3.05, 3.63) is 54.1 Å². The lowest BCUT2D eigenvalue weighted by molar-refractivity contribution is 0.242. The van der Waals surface area contributed by atoms with Gasteiger partial charge >= 0.3 is 6.03 Å². The van der Waals surface area contributed by atoms with Gasteiger partial charge in [0.2, 0.25) is 0 Å². The van der Waals surface area contributed by atoms with Crippen LogP contribution in [0, 0.1) is 0 Å². The van der Waals surface area contributed by atoms with Crippen LogP contribution in [-0.2, 0) is 6.42 Å². The van der Waals surface area contributed by atoms with Crippen LogP contribution in [0.15, 0.2) is 48.5 Å². The van der Waals surface area contributed by atoms with Crippen molar-refractivity contribution in [1.82, 2.24) is 5.32 Å². The van der Waals surface area contributed by atoms with E-state index >= 15 is 0 Å². The molecule has 0 aliphatic carbocycles. The first kappa shape index (κ1) is 18.6. The van der Waals surface area contributed by atoms with Gasteiger partial charge in [-0.05, 0) is 56.2 Å². The van der Waals surface area contributed by atoms with Gasteiger partial charge in [-0.2, -0.15) is 0 Å². The minimum atomic E-state index is -0.259. The number of anilines is 1. The summed E-state index contributed by atoms with van der Waals surface area (Å²) in [6, 6.07) is 15.0.